The molecule has 0 saturated heterocycles. The first-order valence-corrected chi connectivity index (χ1v) is 23.1. The van der Waals surface area contributed by atoms with Crippen LogP contribution in [0.25, 0.3) is 55.0 Å². The highest BCUT2D eigenvalue weighted by atomic mass is 28.3. The third kappa shape index (κ3) is 5.37. The summed E-state index contributed by atoms with van der Waals surface area (Å²) in [5, 5.41) is 10.7. The third-order valence-corrected chi connectivity index (χ3v) is 18.5. The maximum atomic E-state index is 2.62. The average molecular weight is 777 g/mol. The largest absolute Gasteiger partial charge is 0.309 e. The second-order valence-electron chi connectivity index (χ2n) is 18.0. The van der Waals surface area contributed by atoms with E-state index < -0.39 is 8.07 Å². The van der Waals surface area contributed by atoms with Gasteiger partial charge in [0.05, 0.1) is 22.1 Å². The molecule has 286 valence electrons. The van der Waals surface area contributed by atoms with Crippen LogP contribution in [-0.2, 0) is 10.8 Å². The summed E-state index contributed by atoms with van der Waals surface area (Å²) in [7, 11) is -2.79. The molecule has 0 aliphatic heterocycles. The summed E-state index contributed by atoms with van der Waals surface area (Å²) in [5.41, 5.74) is 10.4. The lowest BCUT2D eigenvalue weighted by atomic mass is 9.63. The Labute approximate surface area is 348 Å². The number of hydrogen-bond acceptors (Lipinski definition) is 0. The van der Waals surface area contributed by atoms with Gasteiger partial charge in [-0.25, -0.2) is 0 Å². The Kier molecular flexibility index (Phi) is 8.06. The lowest BCUT2D eigenvalue weighted by molar-refractivity contribution is 0.332. The Morgan fingerprint density at radius 2 is 0.746 bits per heavy atom. The van der Waals surface area contributed by atoms with Gasteiger partial charge in [0.15, 0.2) is 8.07 Å². The van der Waals surface area contributed by atoms with Gasteiger partial charge < -0.3 is 9.13 Å². The standard InChI is InChI=1S/C56H48N2Si/c1-55(2)35-36-56(3,4)50-38-44(32-34-49(50)55)59(41-17-7-5-8-18-41,42-19-9-6-10-20-42)43-30-27-39(28-31-43)57-51-24-14-13-23-47(51)48-33-29-40(37-54(48)57)58-52-25-15-11-21-45(52)46-22-12-16-26-53(46)58/h5-34,37-38H,35-36H2,1-4H3. The molecule has 2 aromatic heterocycles. The number of hydrogen-bond donors (Lipinski definition) is 0. The first-order valence-electron chi connectivity index (χ1n) is 21.1. The molecule has 0 spiro atoms. The van der Waals surface area contributed by atoms with Crippen molar-refractivity contribution in [3.63, 3.8) is 0 Å². The number of rotatable bonds is 6. The zero-order valence-corrected chi connectivity index (χ0v) is 35.3. The fourth-order valence-corrected chi connectivity index (χ4v) is 15.4. The van der Waals surface area contributed by atoms with E-state index in [-0.39, 0.29) is 10.8 Å². The van der Waals surface area contributed by atoms with Gasteiger partial charge in [0.2, 0.25) is 0 Å². The van der Waals surface area contributed by atoms with Gasteiger partial charge in [-0.05, 0) is 98.0 Å². The van der Waals surface area contributed by atoms with Crippen LogP contribution in [0.2, 0.25) is 0 Å². The van der Waals surface area contributed by atoms with E-state index in [1.807, 2.05) is 0 Å². The monoisotopic (exact) mass is 776 g/mol. The molecule has 0 bridgehead atoms. The smallest absolute Gasteiger partial charge is 0.179 e. The summed E-state index contributed by atoms with van der Waals surface area (Å²) in [5.74, 6) is 0. The Morgan fingerprint density at radius 1 is 0.339 bits per heavy atom. The van der Waals surface area contributed by atoms with Crippen molar-refractivity contribution in [1.82, 2.24) is 9.13 Å². The molecular formula is C56H48N2Si. The second-order valence-corrected chi connectivity index (χ2v) is 21.8. The topological polar surface area (TPSA) is 9.86 Å². The molecule has 0 atom stereocenters. The molecular weight excluding hydrogens is 729 g/mol. The number of fused-ring (bicyclic) bond motifs is 7. The van der Waals surface area contributed by atoms with Gasteiger partial charge in [0, 0.05) is 32.9 Å². The fourth-order valence-electron chi connectivity index (χ4n) is 10.6. The van der Waals surface area contributed by atoms with E-state index in [1.54, 1.807) is 0 Å². The quantitative estimate of drug-likeness (QED) is 0.118. The van der Waals surface area contributed by atoms with Gasteiger partial charge in [0.25, 0.3) is 0 Å². The van der Waals surface area contributed by atoms with Crippen LogP contribution in [0.4, 0.5) is 0 Å². The summed E-state index contributed by atoms with van der Waals surface area (Å²) in [6, 6.07) is 73.5. The fraction of sp³-hybridized carbons (Fsp3) is 0.143. The molecule has 0 amide bonds. The van der Waals surface area contributed by atoms with Crippen molar-refractivity contribution in [2.45, 2.75) is 51.4 Å². The van der Waals surface area contributed by atoms with Crippen LogP contribution in [-0.4, -0.2) is 17.2 Å². The zero-order valence-electron chi connectivity index (χ0n) is 34.3. The van der Waals surface area contributed by atoms with Gasteiger partial charge in [-0.3, -0.25) is 0 Å². The molecule has 3 heteroatoms. The van der Waals surface area contributed by atoms with E-state index in [0.717, 1.165) is 11.4 Å². The van der Waals surface area contributed by atoms with Gasteiger partial charge in [0.1, 0.15) is 0 Å². The molecule has 59 heavy (non-hydrogen) atoms. The van der Waals surface area contributed by atoms with E-state index in [0.29, 0.717) is 0 Å². The van der Waals surface area contributed by atoms with Crippen molar-refractivity contribution < 1.29 is 0 Å². The van der Waals surface area contributed by atoms with Crippen molar-refractivity contribution in [1.29, 1.82) is 0 Å². The second kappa shape index (κ2) is 13.3. The molecule has 0 unspecified atom stereocenters. The normalized spacial score (nSPS) is 14.9. The molecule has 0 saturated carbocycles. The van der Waals surface area contributed by atoms with E-state index in [9.17, 15) is 0 Å². The summed E-state index contributed by atoms with van der Waals surface area (Å²) in [6.07, 6.45) is 2.39. The lowest BCUT2D eigenvalue weighted by Gasteiger charge is -2.43. The van der Waals surface area contributed by atoms with Crippen molar-refractivity contribution in [3.05, 3.63) is 205 Å². The minimum absolute atomic E-state index is 0.104. The van der Waals surface area contributed by atoms with Crippen LogP contribution >= 0.6 is 0 Å². The van der Waals surface area contributed by atoms with Gasteiger partial charge >= 0.3 is 0 Å². The molecule has 0 radical (unpaired) electrons. The van der Waals surface area contributed by atoms with Crippen molar-refractivity contribution in [3.8, 4) is 11.4 Å². The Morgan fingerprint density at radius 3 is 1.29 bits per heavy atom. The van der Waals surface area contributed by atoms with E-state index in [1.165, 1.54) is 88.3 Å². The summed E-state index contributed by atoms with van der Waals surface area (Å²) in [6.45, 7) is 9.76. The predicted molar refractivity (Wildman–Crippen MR) is 254 cm³/mol. The first kappa shape index (κ1) is 35.7. The highest BCUT2D eigenvalue weighted by Gasteiger charge is 2.44. The van der Waals surface area contributed by atoms with E-state index in [4.69, 9.17) is 0 Å². The maximum absolute atomic E-state index is 2.79. The van der Waals surface area contributed by atoms with Gasteiger partial charge in [-0.1, -0.05) is 179 Å². The van der Waals surface area contributed by atoms with Crippen molar-refractivity contribution in [2.24, 2.45) is 0 Å². The summed E-state index contributed by atoms with van der Waals surface area (Å²) >= 11 is 0. The highest BCUT2D eigenvalue weighted by molar-refractivity contribution is 7.19. The summed E-state index contributed by atoms with van der Waals surface area (Å²) < 4.78 is 4.90. The number of para-hydroxylation sites is 3. The Bertz CT molecular complexity index is 3110. The number of benzene rings is 8. The van der Waals surface area contributed by atoms with Crippen LogP contribution in [0, 0.1) is 0 Å². The molecule has 8 aromatic carbocycles. The van der Waals surface area contributed by atoms with Crippen LogP contribution in [0.5, 0.6) is 0 Å². The number of nitrogens with zero attached hydrogens (tertiary/aromatic N) is 2. The Balaban J connectivity index is 1.14. The molecule has 0 fully saturated rings. The van der Waals surface area contributed by atoms with Crippen LogP contribution in [0.15, 0.2) is 194 Å². The van der Waals surface area contributed by atoms with Crippen molar-refractivity contribution in [2.75, 3.05) is 0 Å². The molecule has 1 aliphatic rings. The van der Waals surface area contributed by atoms with Crippen LogP contribution in [0.1, 0.15) is 51.7 Å². The molecule has 1 aliphatic carbocycles. The maximum Gasteiger partial charge on any atom is 0.179 e. The Hall–Kier alpha value is -6.42. The van der Waals surface area contributed by atoms with Crippen LogP contribution < -0.4 is 20.7 Å². The molecule has 2 nitrogen and oxygen atoms in total. The van der Waals surface area contributed by atoms with E-state index >= 15 is 0 Å². The van der Waals surface area contributed by atoms with E-state index in [2.05, 4.69) is 231 Å². The minimum atomic E-state index is -2.79. The minimum Gasteiger partial charge on any atom is -0.309 e. The first-order chi connectivity index (χ1) is 28.8. The predicted octanol–water partition coefficient (Wildman–Crippen LogP) is 11.6. The summed E-state index contributed by atoms with van der Waals surface area (Å²) in [4.78, 5) is 0. The van der Waals surface area contributed by atoms with Gasteiger partial charge in [-0.15, -0.1) is 0 Å². The lowest BCUT2D eigenvalue weighted by Crippen LogP contribution is -2.74. The molecule has 11 rings (SSSR count). The zero-order chi connectivity index (χ0) is 39.9. The molecule has 10 aromatic rings. The van der Waals surface area contributed by atoms with Gasteiger partial charge in [-0.2, -0.15) is 0 Å². The average Bonchev–Trinajstić information content (AvgIpc) is 3.79. The number of aromatic nitrogens is 2. The third-order valence-electron chi connectivity index (χ3n) is 13.8. The SMILES string of the molecule is CC1(C)CCC(C)(C)c2cc([Si](c3ccccc3)(c3ccccc3)c3ccc(-n4c5ccccc5c5ccc(-n6c7ccccc7c7ccccc76)cc54)cc3)ccc21. The molecule has 0 N–H and O–H groups in total. The van der Waals surface area contributed by atoms with Crippen molar-refractivity contribution >= 4 is 72.4 Å². The highest BCUT2D eigenvalue weighted by Crippen LogP contribution is 2.45. The molecule has 2 heterocycles. The van der Waals surface area contributed by atoms with Crippen LogP contribution in [0.3, 0.4) is 0 Å².